The highest BCUT2D eigenvalue weighted by Crippen LogP contribution is 2.19. The van der Waals surface area contributed by atoms with E-state index in [1.165, 1.54) is 12.1 Å². The third kappa shape index (κ3) is 4.00. The Labute approximate surface area is 123 Å². The summed E-state index contributed by atoms with van der Waals surface area (Å²) in [6.07, 6.45) is 3.67. The normalized spacial score (nSPS) is 19.1. The summed E-state index contributed by atoms with van der Waals surface area (Å²) in [6, 6.07) is 5.15. The van der Waals surface area contributed by atoms with E-state index in [1.807, 2.05) is 0 Å². The van der Waals surface area contributed by atoms with Crippen molar-refractivity contribution in [2.75, 3.05) is 13.2 Å². The number of ether oxygens (including phenoxy) is 1. The van der Waals surface area contributed by atoms with Gasteiger partial charge in [0.1, 0.15) is 22.3 Å². The van der Waals surface area contributed by atoms with Crippen LogP contribution in [0.2, 0.25) is 0 Å². The van der Waals surface area contributed by atoms with Crippen molar-refractivity contribution in [3.63, 3.8) is 0 Å². The van der Waals surface area contributed by atoms with Gasteiger partial charge in [-0.3, -0.25) is 0 Å². The molecule has 114 valence electrons. The van der Waals surface area contributed by atoms with E-state index in [4.69, 9.17) is 10.00 Å². The molecule has 5 nitrogen and oxygen atoms in total. The molecule has 1 saturated heterocycles. The number of benzene rings is 1. The molecule has 7 heteroatoms. The lowest BCUT2D eigenvalue weighted by Gasteiger charge is -2.22. The van der Waals surface area contributed by atoms with Gasteiger partial charge in [-0.1, -0.05) is 6.07 Å². The lowest BCUT2D eigenvalue weighted by Crippen LogP contribution is -2.30. The summed E-state index contributed by atoms with van der Waals surface area (Å²) in [5.41, 5.74) is -0.459. The number of nitriles is 1. The minimum atomic E-state index is -3.89. The first kappa shape index (κ1) is 15.9. The smallest absolute Gasteiger partial charge is 0.241 e. The van der Waals surface area contributed by atoms with Crippen LogP contribution in [-0.4, -0.2) is 27.7 Å². The molecule has 0 radical (unpaired) electrons. The van der Waals surface area contributed by atoms with E-state index in [9.17, 15) is 12.8 Å². The molecule has 1 N–H and O–H groups in total. The standard InChI is InChI=1S/C14H17FN2O3S/c15-13-5-3-6-14(12(13)10-16)21(18,19)17-8-7-11-4-1-2-9-20-11/h3,5-6,11,17H,1-2,4,7-9H2. The van der Waals surface area contributed by atoms with Crippen molar-refractivity contribution >= 4 is 10.0 Å². The maximum Gasteiger partial charge on any atom is 0.241 e. The second-order valence-electron chi connectivity index (χ2n) is 4.90. The Bertz CT molecular complexity index is 634. The first-order chi connectivity index (χ1) is 10.0. The number of nitrogens with one attached hydrogen (secondary N) is 1. The Kier molecular flexibility index (Phi) is 5.28. The van der Waals surface area contributed by atoms with Crippen LogP contribution in [0.1, 0.15) is 31.2 Å². The summed E-state index contributed by atoms with van der Waals surface area (Å²) in [5, 5.41) is 8.89. The Hall–Kier alpha value is -1.49. The highest BCUT2D eigenvalue weighted by Gasteiger charge is 2.21. The van der Waals surface area contributed by atoms with Gasteiger partial charge >= 0.3 is 0 Å². The van der Waals surface area contributed by atoms with Crippen LogP contribution in [0.5, 0.6) is 0 Å². The summed E-state index contributed by atoms with van der Waals surface area (Å²) in [6.45, 7) is 0.911. The van der Waals surface area contributed by atoms with Crippen LogP contribution in [0.3, 0.4) is 0 Å². The van der Waals surface area contributed by atoms with Crippen molar-refractivity contribution in [2.45, 2.75) is 36.7 Å². The van der Waals surface area contributed by atoms with E-state index in [1.54, 1.807) is 6.07 Å². The van der Waals surface area contributed by atoms with Crippen LogP contribution in [0, 0.1) is 17.1 Å². The Morgan fingerprint density at radius 1 is 1.43 bits per heavy atom. The molecule has 0 aliphatic carbocycles. The zero-order chi connectivity index (χ0) is 15.3. The number of nitrogens with zero attached hydrogens (tertiary/aromatic N) is 1. The Morgan fingerprint density at radius 2 is 2.24 bits per heavy atom. The van der Waals surface area contributed by atoms with Gasteiger partial charge in [-0.2, -0.15) is 5.26 Å². The molecule has 2 rings (SSSR count). The molecule has 0 bridgehead atoms. The van der Waals surface area contributed by atoms with Gasteiger partial charge in [-0.15, -0.1) is 0 Å². The van der Waals surface area contributed by atoms with Crippen molar-refractivity contribution in [2.24, 2.45) is 0 Å². The van der Waals surface area contributed by atoms with Crippen LogP contribution in [0.4, 0.5) is 4.39 Å². The molecule has 1 aliphatic rings. The average molecular weight is 312 g/mol. The molecule has 0 spiro atoms. The number of hydrogen-bond donors (Lipinski definition) is 1. The van der Waals surface area contributed by atoms with Crippen molar-refractivity contribution in [1.29, 1.82) is 5.26 Å². The molecule has 1 aromatic carbocycles. The second-order valence-corrected chi connectivity index (χ2v) is 6.64. The zero-order valence-corrected chi connectivity index (χ0v) is 12.3. The minimum Gasteiger partial charge on any atom is -0.378 e. The monoisotopic (exact) mass is 312 g/mol. The first-order valence-electron chi connectivity index (χ1n) is 6.84. The Balaban J connectivity index is 2.02. The number of sulfonamides is 1. The summed E-state index contributed by atoms with van der Waals surface area (Å²) < 4.78 is 45.6. The van der Waals surface area contributed by atoms with Gasteiger partial charge in [0, 0.05) is 13.2 Å². The van der Waals surface area contributed by atoms with Gasteiger partial charge in [-0.25, -0.2) is 17.5 Å². The van der Waals surface area contributed by atoms with E-state index < -0.39 is 21.4 Å². The second kappa shape index (κ2) is 6.98. The van der Waals surface area contributed by atoms with Gasteiger partial charge in [-0.05, 0) is 37.8 Å². The number of hydrogen-bond acceptors (Lipinski definition) is 4. The van der Waals surface area contributed by atoms with E-state index >= 15 is 0 Å². The highest BCUT2D eigenvalue weighted by atomic mass is 32.2. The van der Waals surface area contributed by atoms with Crippen molar-refractivity contribution < 1.29 is 17.5 Å². The maximum atomic E-state index is 13.5. The van der Waals surface area contributed by atoms with Crippen LogP contribution in [0.25, 0.3) is 0 Å². The molecule has 1 fully saturated rings. The minimum absolute atomic E-state index is 0.0596. The van der Waals surface area contributed by atoms with Crippen molar-refractivity contribution in [3.05, 3.63) is 29.6 Å². The zero-order valence-electron chi connectivity index (χ0n) is 11.5. The maximum absolute atomic E-state index is 13.5. The van der Waals surface area contributed by atoms with Crippen LogP contribution < -0.4 is 4.72 Å². The Morgan fingerprint density at radius 3 is 2.90 bits per heavy atom. The molecular formula is C14H17FN2O3S. The predicted molar refractivity (Wildman–Crippen MR) is 74.5 cm³/mol. The molecule has 21 heavy (non-hydrogen) atoms. The van der Waals surface area contributed by atoms with E-state index in [0.717, 1.165) is 25.3 Å². The predicted octanol–water partition coefficient (Wildman–Crippen LogP) is 1.93. The van der Waals surface area contributed by atoms with Crippen molar-refractivity contribution in [3.8, 4) is 6.07 Å². The fourth-order valence-corrected chi connectivity index (χ4v) is 3.52. The van der Waals surface area contributed by atoms with Crippen LogP contribution in [0.15, 0.2) is 23.1 Å². The quantitative estimate of drug-likeness (QED) is 0.901. The highest BCUT2D eigenvalue weighted by molar-refractivity contribution is 7.89. The third-order valence-corrected chi connectivity index (χ3v) is 4.91. The molecule has 0 saturated carbocycles. The van der Waals surface area contributed by atoms with Gasteiger partial charge < -0.3 is 4.74 Å². The van der Waals surface area contributed by atoms with Crippen LogP contribution >= 0.6 is 0 Å². The largest absolute Gasteiger partial charge is 0.378 e. The number of rotatable bonds is 5. The molecule has 0 amide bonds. The lowest BCUT2D eigenvalue weighted by atomic mass is 10.1. The van der Waals surface area contributed by atoms with E-state index in [2.05, 4.69) is 4.72 Å². The van der Waals surface area contributed by atoms with Gasteiger partial charge in [0.25, 0.3) is 0 Å². The molecule has 0 aromatic heterocycles. The SMILES string of the molecule is N#Cc1c(F)cccc1S(=O)(=O)NCCC1CCCCO1. The molecule has 1 unspecified atom stereocenters. The van der Waals surface area contributed by atoms with Gasteiger partial charge in [0.2, 0.25) is 10.0 Å². The summed E-state index contributed by atoms with van der Waals surface area (Å²) >= 11 is 0. The average Bonchev–Trinajstić information content (AvgIpc) is 2.48. The fourth-order valence-electron chi connectivity index (χ4n) is 2.30. The first-order valence-corrected chi connectivity index (χ1v) is 8.33. The summed E-state index contributed by atoms with van der Waals surface area (Å²) in [5.74, 6) is -0.837. The third-order valence-electron chi connectivity index (χ3n) is 3.41. The lowest BCUT2D eigenvalue weighted by molar-refractivity contribution is 0.0123. The molecule has 1 aliphatic heterocycles. The summed E-state index contributed by atoms with van der Waals surface area (Å²) in [4.78, 5) is -0.324. The van der Waals surface area contributed by atoms with Gasteiger partial charge in [0.05, 0.1) is 6.10 Å². The molecule has 1 atom stereocenters. The van der Waals surface area contributed by atoms with Crippen LogP contribution in [-0.2, 0) is 14.8 Å². The fraction of sp³-hybridized carbons (Fsp3) is 0.500. The molecule has 1 aromatic rings. The van der Waals surface area contributed by atoms with E-state index in [0.29, 0.717) is 13.0 Å². The van der Waals surface area contributed by atoms with E-state index in [-0.39, 0.29) is 17.5 Å². The molecular weight excluding hydrogens is 295 g/mol. The number of halogens is 1. The van der Waals surface area contributed by atoms with Gasteiger partial charge in [0.15, 0.2) is 0 Å². The molecule has 1 heterocycles. The topological polar surface area (TPSA) is 79.2 Å². The summed E-state index contributed by atoms with van der Waals surface area (Å²) in [7, 11) is -3.89. The van der Waals surface area contributed by atoms with Crippen molar-refractivity contribution in [1.82, 2.24) is 4.72 Å².